The van der Waals surface area contributed by atoms with Crippen LogP contribution in [-0.2, 0) is 0 Å². The quantitative estimate of drug-likeness (QED) is 0.865. The van der Waals surface area contributed by atoms with Crippen molar-refractivity contribution in [2.24, 2.45) is 5.73 Å². The molecule has 15 heavy (non-hydrogen) atoms. The minimum absolute atomic E-state index is 0. The van der Waals surface area contributed by atoms with Gasteiger partial charge in [-0.3, -0.25) is 0 Å². The lowest BCUT2D eigenvalue weighted by Crippen LogP contribution is -2.18. The molecule has 1 nitrogen and oxygen atoms in total. The molecule has 2 aromatic rings. The predicted molar refractivity (Wildman–Crippen MR) is 62.0 cm³/mol. The molecule has 2 N–H and O–H groups in total. The predicted octanol–water partition coefficient (Wildman–Crippen LogP) is 3.59. The zero-order chi connectivity index (χ0) is 10.1. The molecule has 0 spiro atoms. The van der Waals surface area contributed by atoms with Crippen molar-refractivity contribution in [2.75, 3.05) is 0 Å². The lowest BCUT2D eigenvalue weighted by molar-refractivity contribution is 0.117. The van der Waals surface area contributed by atoms with Crippen LogP contribution in [0.15, 0.2) is 29.6 Å². The first-order chi connectivity index (χ1) is 6.70. The fraction of sp³-hybridized carbons (Fsp3) is 0.200. The first-order valence-corrected chi connectivity index (χ1v) is 5.08. The number of hydrogen-bond acceptors (Lipinski definition) is 2. The van der Waals surface area contributed by atoms with Gasteiger partial charge in [-0.15, -0.1) is 23.7 Å². The zero-order valence-electron chi connectivity index (χ0n) is 7.69. The SMILES string of the molecule is Cl.N[C@H](c1csc2ccccc12)C(F)F. The van der Waals surface area contributed by atoms with E-state index in [4.69, 9.17) is 5.73 Å². The van der Waals surface area contributed by atoms with Gasteiger partial charge in [-0.05, 0) is 22.4 Å². The van der Waals surface area contributed by atoms with Crippen LogP contribution in [0.3, 0.4) is 0 Å². The summed E-state index contributed by atoms with van der Waals surface area (Å²) in [6.07, 6.45) is -2.51. The van der Waals surface area contributed by atoms with Gasteiger partial charge in [0.05, 0.1) is 6.04 Å². The van der Waals surface area contributed by atoms with E-state index in [9.17, 15) is 8.78 Å². The summed E-state index contributed by atoms with van der Waals surface area (Å²) in [6.45, 7) is 0. The van der Waals surface area contributed by atoms with Gasteiger partial charge in [0.25, 0.3) is 6.43 Å². The molecule has 1 atom stereocenters. The van der Waals surface area contributed by atoms with E-state index in [0.717, 1.165) is 10.1 Å². The molecular weight excluding hydrogens is 240 g/mol. The molecule has 2 rings (SSSR count). The average molecular weight is 250 g/mol. The summed E-state index contributed by atoms with van der Waals surface area (Å²) in [5.74, 6) is 0. The molecule has 0 amide bonds. The van der Waals surface area contributed by atoms with Crippen LogP contribution >= 0.6 is 23.7 Å². The molecule has 82 valence electrons. The van der Waals surface area contributed by atoms with Crippen molar-refractivity contribution in [2.45, 2.75) is 12.5 Å². The second-order valence-corrected chi connectivity index (χ2v) is 3.96. The number of fused-ring (bicyclic) bond motifs is 1. The maximum absolute atomic E-state index is 12.4. The highest BCUT2D eigenvalue weighted by Crippen LogP contribution is 2.31. The molecule has 0 fully saturated rings. The van der Waals surface area contributed by atoms with Crippen molar-refractivity contribution in [3.05, 3.63) is 35.2 Å². The smallest absolute Gasteiger partial charge is 0.257 e. The van der Waals surface area contributed by atoms with Crippen molar-refractivity contribution in [3.63, 3.8) is 0 Å². The Kier molecular flexibility index (Phi) is 4.02. The van der Waals surface area contributed by atoms with Crippen LogP contribution in [0.1, 0.15) is 11.6 Å². The van der Waals surface area contributed by atoms with Gasteiger partial charge in [-0.1, -0.05) is 18.2 Å². The standard InChI is InChI=1S/C10H9F2NS.ClH/c11-10(12)9(13)7-5-14-8-4-2-1-3-6(7)8;/h1-5,9-10H,13H2;1H/t9-;/m1./s1. The zero-order valence-corrected chi connectivity index (χ0v) is 9.32. The number of benzene rings is 1. The van der Waals surface area contributed by atoms with E-state index >= 15 is 0 Å². The molecule has 0 radical (unpaired) electrons. The maximum atomic E-state index is 12.4. The molecule has 1 aromatic carbocycles. The normalized spacial score (nSPS) is 12.8. The van der Waals surface area contributed by atoms with Crippen molar-refractivity contribution >= 4 is 33.8 Å². The molecule has 0 bridgehead atoms. The highest BCUT2D eigenvalue weighted by atomic mass is 35.5. The Balaban J connectivity index is 0.00000112. The third kappa shape index (κ3) is 2.27. The monoisotopic (exact) mass is 249 g/mol. The van der Waals surface area contributed by atoms with E-state index in [-0.39, 0.29) is 12.4 Å². The van der Waals surface area contributed by atoms with Crippen LogP contribution < -0.4 is 5.73 Å². The Morgan fingerprint density at radius 2 is 1.87 bits per heavy atom. The fourth-order valence-electron chi connectivity index (χ4n) is 1.39. The van der Waals surface area contributed by atoms with Crippen molar-refractivity contribution in [1.29, 1.82) is 0 Å². The van der Waals surface area contributed by atoms with Crippen LogP contribution in [0.2, 0.25) is 0 Å². The highest BCUT2D eigenvalue weighted by Gasteiger charge is 2.20. The Labute approximate surface area is 96.3 Å². The van der Waals surface area contributed by atoms with Gasteiger partial charge in [0.1, 0.15) is 0 Å². The van der Waals surface area contributed by atoms with Crippen molar-refractivity contribution in [1.82, 2.24) is 0 Å². The molecule has 1 heterocycles. The van der Waals surface area contributed by atoms with Gasteiger partial charge in [-0.2, -0.15) is 0 Å². The minimum atomic E-state index is -2.51. The third-order valence-corrected chi connectivity index (χ3v) is 3.12. The van der Waals surface area contributed by atoms with Gasteiger partial charge < -0.3 is 5.73 Å². The number of thiophene rings is 1. The molecule has 1 aromatic heterocycles. The van der Waals surface area contributed by atoms with Gasteiger partial charge in [-0.25, -0.2) is 8.78 Å². The van der Waals surface area contributed by atoms with Crippen molar-refractivity contribution < 1.29 is 8.78 Å². The Bertz CT molecular complexity index is 444. The fourth-order valence-corrected chi connectivity index (χ4v) is 2.40. The molecule has 0 saturated heterocycles. The minimum Gasteiger partial charge on any atom is -0.319 e. The molecule has 0 aliphatic rings. The third-order valence-electron chi connectivity index (χ3n) is 2.14. The summed E-state index contributed by atoms with van der Waals surface area (Å²) in [6, 6.07) is 6.27. The first-order valence-electron chi connectivity index (χ1n) is 4.20. The van der Waals surface area contributed by atoms with E-state index < -0.39 is 12.5 Å². The van der Waals surface area contributed by atoms with Crippen LogP contribution in [-0.4, -0.2) is 6.43 Å². The number of hydrogen-bond donors (Lipinski definition) is 1. The van der Waals surface area contributed by atoms with E-state index in [2.05, 4.69) is 0 Å². The van der Waals surface area contributed by atoms with Gasteiger partial charge >= 0.3 is 0 Å². The summed E-state index contributed by atoms with van der Waals surface area (Å²) in [5.41, 5.74) is 5.95. The lowest BCUT2D eigenvalue weighted by atomic mass is 10.1. The van der Waals surface area contributed by atoms with E-state index in [1.54, 1.807) is 5.38 Å². The Morgan fingerprint density at radius 1 is 1.20 bits per heavy atom. The largest absolute Gasteiger partial charge is 0.319 e. The number of rotatable bonds is 2. The van der Waals surface area contributed by atoms with E-state index in [1.807, 2.05) is 24.3 Å². The second kappa shape index (κ2) is 4.88. The summed E-state index contributed by atoms with van der Waals surface area (Å²) in [7, 11) is 0. The summed E-state index contributed by atoms with van der Waals surface area (Å²) < 4.78 is 25.8. The average Bonchev–Trinajstić information content (AvgIpc) is 2.60. The van der Waals surface area contributed by atoms with Gasteiger partial charge in [0.2, 0.25) is 0 Å². The maximum Gasteiger partial charge on any atom is 0.257 e. The topological polar surface area (TPSA) is 26.0 Å². The van der Waals surface area contributed by atoms with Crippen LogP contribution in [0.5, 0.6) is 0 Å². The number of alkyl halides is 2. The molecule has 0 saturated carbocycles. The van der Waals surface area contributed by atoms with Crippen LogP contribution in [0.25, 0.3) is 10.1 Å². The molecule has 5 heteroatoms. The number of halogens is 3. The summed E-state index contributed by atoms with van der Waals surface area (Å²) >= 11 is 1.45. The number of nitrogens with two attached hydrogens (primary N) is 1. The van der Waals surface area contributed by atoms with Crippen LogP contribution in [0, 0.1) is 0 Å². The van der Waals surface area contributed by atoms with Crippen LogP contribution in [0.4, 0.5) is 8.78 Å². The van der Waals surface area contributed by atoms with Crippen molar-refractivity contribution in [3.8, 4) is 0 Å². The van der Waals surface area contributed by atoms with E-state index in [1.165, 1.54) is 11.3 Å². The molecule has 0 unspecified atom stereocenters. The summed E-state index contributed by atoms with van der Waals surface area (Å²) in [5, 5.41) is 2.55. The Morgan fingerprint density at radius 3 is 2.53 bits per heavy atom. The molecular formula is C10H10ClF2NS. The lowest BCUT2D eigenvalue weighted by Gasteiger charge is -2.08. The molecule has 0 aliphatic heterocycles. The van der Waals surface area contributed by atoms with E-state index in [0.29, 0.717) is 5.56 Å². The molecule has 0 aliphatic carbocycles. The highest BCUT2D eigenvalue weighted by molar-refractivity contribution is 7.17. The Hall–Kier alpha value is -0.710. The first kappa shape index (κ1) is 12.4. The van der Waals surface area contributed by atoms with Gasteiger partial charge in [0, 0.05) is 4.70 Å². The van der Waals surface area contributed by atoms with Gasteiger partial charge in [0.15, 0.2) is 0 Å². The summed E-state index contributed by atoms with van der Waals surface area (Å²) in [4.78, 5) is 0. The second-order valence-electron chi connectivity index (χ2n) is 3.05.